The third-order valence-corrected chi connectivity index (χ3v) is 3.83. The van der Waals surface area contributed by atoms with Crippen molar-refractivity contribution in [3.63, 3.8) is 0 Å². The maximum absolute atomic E-state index is 5.71. The molecule has 2 aromatic carbocycles. The number of nitrogens with zero attached hydrogens (tertiary/aromatic N) is 1. The van der Waals surface area contributed by atoms with Gasteiger partial charge in [-0.3, -0.25) is 0 Å². The fraction of sp³-hybridized carbons (Fsp3) is 0.118. The van der Waals surface area contributed by atoms with Crippen LogP contribution in [0, 0.1) is 6.92 Å². The number of aryl methyl sites for hydroxylation is 1. The molecule has 0 aliphatic rings. The van der Waals surface area contributed by atoms with Gasteiger partial charge in [0, 0.05) is 10.9 Å². The molecule has 0 spiro atoms. The lowest BCUT2D eigenvalue weighted by Crippen LogP contribution is -1.94. The average Bonchev–Trinajstić information content (AvgIpc) is 2.96. The first-order valence-electron chi connectivity index (χ1n) is 6.50. The molecule has 1 heterocycles. The molecule has 3 rings (SSSR count). The molecule has 0 unspecified atom stereocenters. The van der Waals surface area contributed by atoms with Crippen LogP contribution in [0.3, 0.4) is 0 Å². The normalized spacial score (nSPS) is 10.4. The quantitative estimate of drug-likeness (QED) is 0.691. The third-order valence-electron chi connectivity index (χ3n) is 3.00. The molecule has 0 N–H and O–H groups in total. The molecule has 0 amide bonds. The highest BCUT2D eigenvalue weighted by molar-refractivity contribution is 7.09. The maximum atomic E-state index is 5.71. The molecule has 0 aliphatic carbocycles. The van der Waals surface area contributed by atoms with Crippen LogP contribution in [0.25, 0.3) is 11.3 Å². The minimum atomic E-state index is 0.514. The van der Waals surface area contributed by atoms with E-state index in [2.05, 4.69) is 41.6 Å². The Morgan fingerprint density at radius 3 is 2.50 bits per heavy atom. The highest BCUT2D eigenvalue weighted by Crippen LogP contribution is 2.23. The first kappa shape index (κ1) is 12.9. The summed E-state index contributed by atoms with van der Waals surface area (Å²) in [4.78, 5) is 4.62. The second-order valence-electron chi connectivity index (χ2n) is 4.59. The zero-order chi connectivity index (χ0) is 13.8. The molecule has 3 aromatic rings. The third kappa shape index (κ3) is 3.06. The average molecular weight is 281 g/mol. The summed E-state index contributed by atoms with van der Waals surface area (Å²) in [5, 5.41) is 3.07. The van der Waals surface area contributed by atoms with Crippen LogP contribution in [0.1, 0.15) is 10.6 Å². The number of hydrogen-bond donors (Lipinski definition) is 0. The topological polar surface area (TPSA) is 22.1 Å². The fourth-order valence-corrected chi connectivity index (χ4v) is 2.61. The lowest BCUT2D eigenvalue weighted by molar-refractivity contribution is 0.305. The van der Waals surface area contributed by atoms with Gasteiger partial charge in [0.2, 0.25) is 0 Å². The van der Waals surface area contributed by atoms with Crippen LogP contribution in [0.4, 0.5) is 0 Å². The molecule has 0 saturated carbocycles. The van der Waals surface area contributed by atoms with E-state index in [-0.39, 0.29) is 0 Å². The van der Waals surface area contributed by atoms with E-state index < -0.39 is 0 Å². The molecular formula is C17H15NOS. The van der Waals surface area contributed by atoms with Crippen LogP contribution < -0.4 is 4.74 Å². The number of para-hydroxylation sites is 1. The van der Waals surface area contributed by atoms with E-state index in [4.69, 9.17) is 4.74 Å². The van der Waals surface area contributed by atoms with Gasteiger partial charge in [-0.25, -0.2) is 4.98 Å². The molecule has 0 bridgehead atoms. The first-order chi connectivity index (χ1) is 9.81. The lowest BCUT2D eigenvalue weighted by atomic mass is 10.1. The van der Waals surface area contributed by atoms with Crippen molar-refractivity contribution >= 4 is 11.3 Å². The molecule has 3 heteroatoms. The zero-order valence-electron chi connectivity index (χ0n) is 11.2. The number of rotatable bonds is 4. The summed E-state index contributed by atoms with van der Waals surface area (Å²) in [5.41, 5.74) is 3.43. The predicted molar refractivity (Wildman–Crippen MR) is 83.1 cm³/mol. The van der Waals surface area contributed by atoms with Gasteiger partial charge in [0.1, 0.15) is 17.4 Å². The maximum Gasteiger partial charge on any atom is 0.140 e. The van der Waals surface area contributed by atoms with Crippen LogP contribution in [0.2, 0.25) is 0 Å². The predicted octanol–water partition coefficient (Wildman–Crippen LogP) is 4.70. The largest absolute Gasteiger partial charge is 0.486 e. The monoisotopic (exact) mass is 281 g/mol. The first-order valence-corrected chi connectivity index (χ1v) is 7.38. The second kappa shape index (κ2) is 5.88. The highest BCUT2D eigenvalue weighted by Gasteiger charge is 2.05. The van der Waals surface area contributed by atoms with Crippen molar-refractivity contribution in [2.75, 3.05) is 0 Å². The number of benzene rings is 2. The van der Waals surface area contributed by atoms with Crippen LogP contribution in [-0.4, -0.2) is 4.98 Å². The van der Waals surface area contributed by atoms with E-state index in [1.54, 1.807) is 11.3 Å². The number of thiazole rings is 1. The van der Waals surface area contributed by atoms with Crippen LogP contribution >= 0.6 is 11.3 Å². The standard InChI is InChI=1S/C17H15NOS/c1-13-7-9-14(10-8-13)16-12-20-17(18-16)11-19-15-5-3-2-4-6-15/h2-10,12H,11H2,1H3. The van der Waals surface area contributed by atoms with Crippen molar-refractivity contribution < 1.29 is 4.74 Å². The zero-order valence-corrected chi connectivity index (χ0v) is 12.1. The molecule has 0 saturated heterocycles. The van der Waals surface area contributed by atoms with E-state index in [0.29, 0.717) is 6.61 Å². The number of hydrogen-bond acceptors (Lipinski definition) is 3. The Balaban J connectivity index is 1.69. The summed E-state index contributed by atoms with van der Waals surface area (Å²) < 4.78 is 5.71. The molecule has 1 aromatic heterocycles. The van der Waals surface area contributed by atoms with Crippen molar-refractivity contribution in [3.05, 3.63) is 70.5 Å². The Morgan fingerprint density at radius 2 is 1.75 bits per heavy atom. The minimum Gasteiger partial charge on any atom is -0.486 e. The van der Waals surface area contributed by atoms with Crippen LogP contribution in [0.5, 0.6) is 5.75 Å². The van der Waals surface area contributed by atoms with Crippen LogP contribution in [0.15, 0.2) is 60.0 Å². The van der Waals surface area contributed by atoms with Gasteiger partial charge >= 0.3 is 0 Å². The van der Waals surface area contributed by atoms with Crippen molar-refractivity contribution in [1.29, 1.82) is 0 Å². The van der Waals surface area contributed by atoms with Gasteiger partial charge < -0.3 is 4.74 Å². The van der Waals surface area contributed by atoms with Crippen molar-refractivity contribution in [1.82, 2.24) is 4.98 Å². The Bertz CT molecular complexity index is 674. The molecule has 0 radical (unpaired) electrons. The van der Waals surface area contributed by atoms with E-state index in [9.17, 15) is 0 Å². The molecule has 100 valence electrons. The number of aromatic nitrogens is 1. The Kier molecular flexibility index (Phi) is 3.79. The Morgan fingerprint density at radius 1 is 1.00 bits per heavy atom. The Hall–Kier alpha value is -2.13. The molecule has 0 aliphatic heterocycles. The van der Waals surface area contributed by atoms with E-state index >= 15 is 0 Å². The summed E-state index contributed by atoms with van der Waals surface area (Å²) in [7, 11) is 0. The highest BCUT2D eigenvalue weighted by atomic mass is 32.1. The fourth-order valence-electron chi connectivity index (χ4n) is 1.90. The summed E-state index contributed by atoms with van der Waals surface area (Å²) in [6.07, 6.45) is 0. The van der Waals surface area contributed by atoms with E-state index in [1.165, 1.54) is 5.56 Å². The van der Waals surface area contributed by atoms with Gasteiger partial charge in [-0.1, -0.05) is 48.0 Å². The molecule has 0 fully saturated rings. The number of ether oxygens (including phenoxy) is 1. The summed E-state index contributed by atoms with van der Waals surface area (Å²) >= 11 is 1.63. The minimum absolute atomic E-state index is 0.514. The lowest BCUT2D eigenvalue weighted by Gasteiger charge is -2.02. The van der Waals surface area contributed by atoms with E-state index in [0.717, 1.165) is 22.0 Å². The van der Waals surface area contributed by atoms with Gasteiger partial charge in [-0.2, -0.15) is 0 Å². The van der Waals surface area contributed by atoms with Crippen molar-refractivity contribution in [2.45, 2.75) is 13.5 Å². The SMILES string of the molecule is Cc1ccc(-c2csc(COc3ccccc3)n2)cc1. The summed E-state index contributed by atoms with van der Waals surface area (Å²) in [6.45, 7) is 2.60. The Labute approximate surface area is 122 Å². The van der Waals surface area contributed by atoms with Gasteiger partial charge in [0.05, 0.1) is 5.69 Å². The van der Waals surface area contributed by atoms with E-state index in [1.807, 2.05) is 30.3 Å². The molecule has 20 heavy (non-hydrogen) atoms. The van der Waals surface area contributed by atoms with Crippen LogP contribution in [-0.2, 0) is 6.61 Å². The van der Waals surface area contributed by atoms with Gasteiger partial charge in [-0.05, 0) is 19.1 Å². The second-order valence-corrected chi connectivity index (χ2v) is 5.54. The van der Waals surface area contributed by atoms with Gasteiger partial charge in [0.25, 0.3) is 0 Å². The summed E-state index contributed by atoms with van der Waals surface area (Å²) in [5.74, 6) is 0.875. The van der Waals surface area contributed by atoms with Crippen molar-refractivity contribution in [3.8, 4) is 17.0 Å². The molecule has 0 atom stereocenters. The molecule has 2 nitrogen and oxygen atoms in total. The smallest absolute Gasteiger partial charge is 0.140 e. The molecular weight excluding hydrogens is 266 g/mol. The van der Waals surface area contributed by atoms with Gasteiger partial charge in [0.15, 0.2) is 0 Å². The van der Waals surface area contributed by atoms with Crippen molar-refractivity contribution in [2.24, 2.45) is 0 Å². The van der Waals surface area contributed by atoms with Gasteiger partial charge in [-0.15, -0.1) is 11.3 Å². The summed E-state index contributed by atoms with van der Waals surface area (Å²) in [6, 6.07) is 18.2.